The van der Waals surface area contributed by atoms with Crippen molar-refractivity contribution in [3.63, 3.8) is 0 Å². The van der Waals surface area contributed by atoms with E-state index in [1.54, 1.807) is 24.3 Å². The van der Waals surface area contributed by atoms with Crippen molar-refractivity contribution in [2.24, 2.45) is 5.73 Å². The Hall–Kier alpha value is -2.86. The number of non-ortho nitro benzene ring substituents is 1. The highest BCUT2D eigenvalue weighted by Gasteiger charge is 2.09. The first kappa shape index (κ1) is 15.5. The zero-order chi connectivity index (χ0) is 16.1. The minimum absolute atomic E-state index is 0.0450. The number of rotatable bonds is 5. The van der Waals surface area contributed by atoms with E-state index in [9.17, 15) is 14.9 Å². The Balaban J connectivity index is 2.25. The summed E-state index contributed by atoms with van der Waals surface area (Å²) in [5.41, 5.74) is 5.78. The van der Waals surface area contributed by atoms with Crippen LogP contribution in [0.4, 0.5) is 5.69 Å². The minimum atomic E-state index is -0.756. The van der Waals surface area contributed by atoms with Gasteiger partial charge in [0.2, 0.25) is 0 Å². The molecule has 0 spiro atoms. The van der Waals surface area contributed by atoms with Crippen LogP contribution >= 0.6 is 11.6 Å². The van der Waals surface area contributed by atoms with Gasteiger partial charge >= 0.3 is 0 Å². The van der Waals surface area contributed by atoms with Gasteiger partial charge in [-0.3, -0.25) is 14.9 Å². The lowest BCUT2D eigenvalue weighted by Crippen LogP contribution is -2.18. The van der Waals surface area contributed by atoms with Crippen molar-refractivity contribution in [2.45, 2.75) is 0 Å². The smallest absolute Gasteiger partial charge is 0.284 e. The molecule has 1 amide bonds. The third-order valence-corrected chi connectivity index (χ3v) is 2.94. The molecule has 0 aliphatic heterocycles. The van der Waals surface area contributed by atoms with E-state index in [0.29, 0.717) is 16.3 Å². The van der Waals surface area contributed by atoms with E-state index in [4.69, 9.17) is 22.1 Å². The quantitative estimate of drug-likeness (QED) is 0.396. The van der Waals surface area contributed by atoms with E-state index < -0.39 is 10.8 Å². The second kappa shape index (κ2) is 6.73. The Bertz CT molecular complexity index is 724. The summed E-state index contributed by atoms with van der Waals surface area (Å²) in [7, 11) is 0. The number of nitro benzene ring substituents is 1. The zero-order valence-corrected chi connectivity index (χ0v) is 12.0. The molecule has 0 saturated heterocycles. The summed E-state index contributed by atoms with van der Waals surface area (Å²) in [5.74, 6) is -0.444. The second-order valence-electron chi connectivity index (χ2n) is 4.28. The van der Waals surface area contributed by atoms with Crippen LogP contribution in [0.1, 0.15) is 5.56 Å². The molecule has 0 atom stereocenters. The average molecular weight is 319 g/mol. The van der Waals surface area contributed by atoms with E-state index in [2.05, 4.69) is 0 Å². The van der Waals surface area contributed by atoms with Crippen LogP contribution < -0.4 is 10.5 Å². The molecule has 0 heterocycles. The summed E-state index contributed by atoms with van der Waals surface area (Å²) < 4.78 is 5.41. The molecule has 0 radical (unpaired) electrons. The Morgan fingerprint density at radius 2 is 1.73 bits per heavy atom. The van der Waals surface area contributed by atoms with Crippen LogP contribution in [0.2, 0.25) is 5.02 Å². The summed E-state index contributed by atoms with van der Waals surface area (Å²) in [6.45, 7) is 0. The summed E-state index contributed by atoms with van der Waals surface area (Å²) in [6.07, 6.45) is 1.40. The Kier molecular flexibility index (Phi) is 4.75. The van der Waals surface area contributed by atoms with E-state index in [1.165, 1.54) is 30.3 Å². The molecule has 2 rings (SSSR count). The van der Waals surface area contributed by atoms with Crippen LogP contribution in [0.5, 0.6) is 5.75 Å². The number of benzene rings is 2. The first-order valence-corrected chi connectivity index (χ1v) is 6.53. The normalized spacial score (nSPS) is 11.0. The van der Waals surface area contributed by atoms with Crippen LogP contribution in [-0.2, 0) is 4.79 Å². The maximum atomic E-state index is 11.4. The summed E-state index contributed by atoms with van der Waals surface area (Å²) in [6, 6.07) is 12.0. The van der Waals surface area contributed by atoms with Crippen molar-refractivity contribution in [1.82, 2.24) is 0 Å². The molecule has 0 bridgehead atoms. The number of primary amides is 1. The summed E-state index contributed by atoms with van der Waals surface area (Å²) in [4.78, 5) is 21.5. The molecule has 0 saturated carbocycles. The Morgan fingerprint density at radius 1 is 1.14 bits per heavy atom. The lowest BCUT2D eigenvalue weighted by atomic mass is 10.2. The van der Waals surface area contributed by atoms with Crippen LogP contribution in [0.25, 0.3) is 6.08 Å². The summed E-state index contributed by atoms with van der Waals surface area (Å²) >= 11 is 5.76. The van der Waals surface area contributed by atoms with Gasteiger partial charge in [0.25, 0.3) is 11.6 Å². The Morgan fingerprint density at radius 3 is 2.23 bits per heavy atom. The van der Waals surface area contributed by atoms with Crippen molar-refractivity contribution >= 4 is 29.3 Å². The molecule has 0 unspecified atom stereocenters. The fraction of sp³-hybridized carbons (Fsp3) is 0. The van der Waals surface area contributed by atoms with E-state index in [1.807, 2.05) is 0 Å². The largest absolute Gasteiger partial charge is 0.452 e. The molecule has 0 aliphatic rings. The maximum Gasteiger partial charge on any atom is 0.284 e. The number of carbonyl (C=O) groups is 1. The summed E-state index contributed by atoms with van der Waals surface area (Å²) in [5, 5.41) is 11.1. The molecule has 2 aromatic rings. The van der Waals surface area contributed by atoms with Crippen LogP contribution in [0.3, 0.4) is 0 Å². The topological polar surface area (TPSA) is 95.5 Å². The highest BCUT2D eigenvalue weighted by molar-refractivity contribution is 6.30. The van der Waals surface area contributed by atoms with Gasteiger partial charge in [-0.15, -0.1) is 0 Å². The number of amides is 1. The maximum absolute atomic E-state index is 11.4. The number of nitrogens with two attached hydrogens (primary N) is 1. The van der Waals surface area contributed by atoms with Gasteiger partial charge in [-0.05, 0) is 48.0 Å². The van der Waals surface area contributed by atoms with E-state index in [-0.39, 0.29) is 11.4 Å². The van der Waals surface area contributed by atoms with Gasteiger partial charge in [0, 0.05) is 17.2 Å². The molecule has 22 heavy (non-hydrogen) atoms. The molecule has 0 aliphatic carbocycles. The van der Waals surface area contributed by atoms with Crippen LogP contribution in [0, 0.1) is 10.1 Å². The highest BCUT2D eigenvalue weighted by atomic mass is 35.5. The van der Waals surface area contributed by atoms with Crippen LogP contribution in [0.15, 0.2) is 54.3 Å². The highest BCUT2D eigenvalue weighted by Crippen LogP contribution is 2.20. The van der Waals surface area contributed by atoms with E-state index >= 15 is 0 Å². The number of hydrogen-bond acceptors (Lipinski definition) is 4. The van der Waals surface area contributed by atoms with Crippen molar-refractivity contribution in [3.05, 3.63) is 75.0 Å². The average Bonchev–Trinajstić information content (AvgIpc) is 2.49. The van der Waals surface area contributed by atoms with Gasteiger partial charge in [-0.1, -0.05) is 11.6 Å². The van der Waals surface area contributed by atoms with Crippen LogP contribution in [-0.4, -0.2) is 10.8 Å². The van der Waals surface area contributed by atoms with Crippen molar-refractivity contribution in [3.8, 4) is 5.75 Å². The number of nitro groups is 1. The van der Waals surface area contributed by atoms with Crippen molar-refractivity contribution in [1.29, 1.82) is 0 Å². The predicted octanol–water partition coefficient (Wildman–Crippen LogP) is 3.15. The molecule has 0 aromatic heterocycles. The number of carbonyl (C=O) groups excluding carboxylic acids is 1. The van der Waals surface area contributed by atoms with E-state index in [0.717, 1.165) is 0 Å². The Labute approximate surface area is 130 Å². The second-order valence-corrected chi connectivity index (χ2v) is 4.71. The van der Waals surface area contributed by atoms with Gasteiger partial charge in [0.05, 0.1) is 4.92 Å². The lowest BCUT2D eigenvalue weighted by molar-refractivity contribution is -0.384. The lowest BCUT2D eigenvalue weighted by Gasteiger charge is -2.07. The monoisotopic (exact) mass is 318 g/mol. The number of hydrogen-bond donors (Lipinski definition) is 1. The SMILES string of the molecule is NC(=O)/C(=C/c1ccc([N+](=O)[O-])cc1)Oc1ccc(Cl)cc1. The van der Waals surface area contributed by atoms with Gasteiger partial charge < -0.3 is 10.5 Å². The van der Waals surface area contributed by atoms with Crippen molar-refractivity contribution < 1.29 is 14.5 Å². The molecule has 7 heteroatoms. The third kappa shape index (κ3) is 4.07. The fourth-order valence-corrected chi connectivity index (χ4v) is 1.75. The molecular formula is C15H11ClN2O4. The fourth-order valence-electron chi connectivity index (χ4n) is 1.62. The first-order valence-electron chi connectivity index (χ1n) is 6.15. The number of ether oxygens (including phenoxy) is 1. The van der Waals surface area contributed by atoms with Gasteiger partial charge in [0.1, 0.15) is 5.75 Å². The first-order chi connectivity index (χ1) is 10.5. The van der Waals surface area contributed by atoms with Gasteiger partial charge in [0.15, 0.2) is 5.76 Å². The molecular weight excluding hydrogens is 308 g/mol. The van der Waals surface area contributed by atoms with Gasteiger partial charge in [-0.2, -0.15) is 0 Å². The van der Waals surface area contributed by atoms with Gasteiger partial charge in [-0.25, -0.2) is 0 Å². The number of halogens is 1. The molecule has 0 fully saturated rings. The standard InChI is InChI=1S/C15H11ClN2O4/c16-11-3-7-13(8-4-11)22-14(15(17)19)9-10-1-5-12(6-2-10)18(20)21/h1-9H,(H2,17,19)/b14-9-. The van der Waals surface area contributed by atoms with Crippen molar-refractivity contribution in [2.75, 3.05) is 0 Å². The molecule has 2 aromatic carbocycles. The predicted molar refractivity (Wildman–Crippen MR) is 82.3 cm³/mol. The number of nitrogens with zero attached hydrogens (tertiary/aromatic N) is 1. The molecule has 2 N–H and O–H groups in total. The molecule has 6 nitrogen and oxygen atoms in total. The minimum Gasteiger partial charge on any atom is -0.452 e. The molecule has 112 valence electrons. The third-order valence-electron chi connectivity index (χ3n) is 2.69. The zero-order valence-electron chi connectivity index (χ0n) is 11.2.